The summed E-state index contributed by atoms with van der Waals surface area (Å²) in [6.45, 7) is 4.24. The second-order valence-electron chi connectivity index (χ2n) is 5.37. The van der Waals surface area contributed by atoms with Gasteiger partial charge in [0.15, 0.2) is 0 Å². The Bertz CT molecular complexity index is 392. The van der Waals surface area contributed by atoms with Gasteiger partial charge >= 0.3 is 0 Å². The van der Waals surface area contributed by atoms with Gasteiger partial charge < -0.3 is 10.1 Å². The first-order valence-electron chi connectivity index (χ1n) is 7.50. The van der Waals surface area contributed by atoms with Crippen LogP contribution in [0.4, 0.5) is 4.39 Å². The first-order chi connectivity index (χ1) is 9.78. The van der Waals surface area contributed by atoms with E-state index in [-0.39, 0.29) is 0 Å². The van der Waals surface area contributed by atoms with E-state index >= 15 is 0 Å². The van der Waals surface area contributed by atoms with Gasteiger partial charge in [-0.3, -0.25) is 4.90 Å². The summed E-state index contributed by atoms with van der Waals surface area (Å²) in [4.78, 5) is 2.28. The van der Waals surface area contributed by atoms with Crippen LogP contribution in [0.25, 0.3) is 0 Å². The van der Waals surface area contributed by atoms with Crippen molar-refractivity contribution in [3.8, 4) is 5.75 Å². The first kappa shape index (κ1) is 15.3. The first-order valence-corrected chi connectivity index (χ1v) is 7.50. The zero-order valence-corrected chi connectivity index (χ0v) is 12.3. The van der Waals surface area contributed by atoms with Crippen LogP contribution < -0.4 is 10.1 Å². The molecule has 1 aliphatic heterocycles. The fourth-order valence-electron chi connectivity index (χ4n) is 2.48. The van der Waals surface area contributed by atoms with Gasteiger partial charge in [-0.1, -0.05) is 12.1 Å². The third-order valence-corrected chi connectivity index (χ3v) is 3.76. The van der Waals surface area contributed by atoms with Crippen molar-refractivity contribution in [2.45, 2.75) is 25.4 Å². The molecule has 1 saturated heterocycles. The van der Waals surface area contributed by atoms with Crippen molar-refractivity contribution in [1.29, 1.82) is 0 Å². The normalized spacial score (nSPS) is 17.3. The minimum Gasteiger partial charge on any atom is -0.492 e. The van der Waals surface area contributed by atoms with E-state index in [1.54, 1.807) is 0 Å². The summed E-state index contributed by atoms with van der Waals surface area (Å²) in [6.07, 6.45) is 1.74. The maximum atomic E-state index is 13.0. The molecule has 0 spiro atoms. The molecule has 1 N–H and O–H groups in total. The average Bonchev–Trinajstić information content (AvgIpc) is 2.48. The summed E-state index contributed by atoms with van der Waals surface area (Å²) in [7, 11) is 1.96. The van der Waals surface area contributed by atoms with Crippen LogP contribution in [0.5, 0.6) is 5.75 Å². The maximum absolute atomic E-state index is 13.0. The molecule has 0 aliphatic carbocycles. The van der Waals surface area contributed by atoms with E-state index < -0.39 is 6.17 Å². The van der Waals surface area contributed by atoms with Crippen LogP contribution in [0.15, 0.2) is 24.3 Å². The van der Waals surface area contributed by atoms with E-state index in [9.17, 15) is 4.39 Å². The molecule has 112 valence electrons. The van der Waals surface area contributed by atoms with E-state index in [1.165, 1.54) is 5.56 Å². The SMILES string of the molecule is CNCCc1cccc(OCCN2CCC(F)CC2)c1. The molecule has 0 unspecified atom stereocenters. The fraction of sp³-hybridized carbons (Fsp3) is 0.625. The third-order valence-electron chi connectivity index (χ3n) is 3.76. The molecule has 2 rings (SSSR count). The number of ether oxygens (including phenoxy) is 1. The minimum absolute atomic E-state index is 0.601. The van der Waals surface area contributed by atoms with Crippen molar-refractivity contribution in [3.05, 3.63) is 29.8 Å². The Morgan fingerprint density at radius 1 is 1.35 bits per heavy atom. The van der Waals surface area contributed by atoms with Gasteiger partial charge in [0.1, 0.15) is 18.5 Å². The highest BCUT2D eigenvalue weighted by atomic mass is 19.1. The molecule has 0 amide bonds. The predicted octanol–water partition coefficient (Wildman–Crippen LogP) is 2.26. The molecule has 4 heteroatoms. The van der Waals surface area contributed by atoms with Gasteiger partial charge in [-0.15, -0.1) is 0 Å². The van der Waals surface area contributed by atoms with E-state index in [4.69, 9.17) is 4.74 Å². The number of likely N-dealkylation sites (tertiary alicyclic amines) is 1. The number of likely N-dealkylation sites (N-methyl/N-ethyl adjacent to an activating group) is 1. The van der Waals surface area contributed by atoms with Gasteiger partial charge in [0.25, 0.3) is 0 Å². The Kier molecular flexibility index (Phi) is 6.27. The second kappa shape index (κ2) is 8.22. The highest BCUT2D eigenvalue weighted by Gasteiger charge is 2.17. The Morgan fingerprint density at radius 2 is 2.15 bits per heavy atom. The Morgan fingerprint density at radius 3 is 2.90 bits per heavy atom. The van der Waals surface area contributed by atoms with Gasteiger partial charge in [0.05, 0.1) is 0 Å². The summed E-state index contributed by atoms with van der Waals surface area (Å²) >= 11 is 0. The van der Waals surface area contributed by atoms with Gasteiger partial charge in [0, 0.05) is 19.6 Å². The lowest BCUT2D eigenvalue weighted by atomic mass is 10.1. The summed E-state index contributed by atoms with van der Waals surface area (Å²) in [5.41, 5.74) is 1.29. The molecule has 1 aliphatic rings. The third kappa shape index (κ3) is 5.10. The quantitative estimate of drug-likeness (QED) is 0.829. The number of rotatable bonds is 7. The maximum Gasteiger partial charge on any atom is 0.119 e. The molecule has 1 aromatic rings. The number of piperidine rings is 1. The smallest absolute Gasteiger partial charge is 0.119 e. The second-order valence-corrected chi connectivity index (χ2v) is 5.37. The largest absolute Gasteiger partial charge is 0.492 e. The zero-order valence-electron chi connectivity index (χ0n) is 12.3. The van der Waals surface area contributed by atoms with Crippen molar-refractivity contribution in [1.82, 2.24) is 10.2 Å². The molecule has 1 heterocycles. The lowest BCUT2D eigenvalue weighted by Crippen LogP contribution is -2.37. The van der Waals surface area contributed by atoms with E-state index in [2.05, 4.69) is 22.3 Å². The van der Waals surface area contributed by atoms with Crippen molar-refractivity contribution >= 4 is 0 Å². The van der Waals surface area contributed by atoms with Crippen LogP contribution in [0.1, 0.15) is 18.4 Å². The lowest BCUT2D eigenvalue weighted by molar-refractivity contribution is 0.132. The number of hydrogen-bond donors (Lipinski definition) is 1. The molecule has 0 bridgehead atoms. The molecule has 1 aromatic carbocycles. The minimum atomic E-state index is -0.601. The Hall–Kier alpha value is -1.13. The Balaban J connectivity index is 1.70. The number of nitrogens with one attached hydrogen (secondary N) is 1. The summed E-state index contributed by atoms with van der Waals surface area (Å²) < 4.78 is 18.8. The summed E-state index contributed by atoms with van der Waals surface area (Å²) in [5.74, 6) is 0.930. The molecule has 3 nitrogen and oxygen atoms in total. The number of nitrogens with zero attached hydrogens (tertiary/aromatic N) is 1. The van der Waals surface area contributed by atoms with E-state index in [1.807, 2.05) is 19.2 Å². The molecule has 20 heavy (non-hydrogen) atoms. The van der Waals surface area contributed by atoms with Crippen molar-refractivity contribution in [2.24, 2.45) is 0 Å². The number of hydrogen-bond acceptors (Lipinski definition) is 3. The highest BCUT2D eigenvalue weighted by Crippen LogP contribution is 2.15. The molecule has 0 saturated carbocycles. The topological polar surface area (TPSA) is 24.5 Å². The fourth-order valence-corrected chi connectivity index (χ4v) is 2.48. The summed E-state index contributed by atoms with van der Waals surface area (Å²) in [5, 5.41) is 3.15. The molecular weight excluding hydrogens is 255 g/mol. The number of alkyl halides is 1. The molecule has 0 radical (unpaired) electrons. The van der Waals surface area contributed by atoms with Gasteiger partial charge in [0.2, 0.25) is 0 Å². The molecule has 0 atom stereocenters. The number of halogens is 1. The zero-order chi connectivity index (χ0) is 14.2. The van der Waals surface area contributed by atoms with Crippen molar-refractivity contribution < 1.29 is 9.13 Å². The molecule has 1 fully saturated rings. The van der Waals surface area contributed by atoms with E-state index in [0.717, 1.165) is 38.3 Å². The average molecular weight is 280 g/mol. The van der Waals surface area contributed by atoms with Crippen LogP contribution in [-0.2, 0) is 6.42 Å². The lowest BCUT2D eigenvalue weighted by Gasteiger charge is -2.28. The molecular formula is C16H25FN2O. The molecule has 0 aromatic heterocycles. The summed E-state index contributed by atoms with van der Waals surface area (Å²) in [6, 6.07) is 8.26. The van der Waals surface area contributed by atoms with Gasteiger partial charge in [-0.25, -0.2) is 4.39 Å². The van der Waals surface area contributed by atoms with Crippen LogP contribution >= 0.6 is 0 Å². The van der Waals surface area contributed by atoms with E-state index in [0.29, 0.717) is 19.4 Å². The van der Waals surface area contributed by atoms with Crippen LogP contribution in [0.3, 0.4) is 0 Å². The van der Waals surface area contributed by atoms with Crippen LogP contribution in [0.2, 0.25) is 0 Å². The van der Waals surface area contributed by atoms with Crippen LogP contribution in [-0.4, -0.2) is 50.9 Å². The standard InChI is InChI=1S/C16H25FN2O/c1-18-8-5-14-3-2-4-16(13-14)20-12-11-19-9-6-15(17)7-10-19/h2-4,13,15,18H,5-12H2,1H3. The van der Waals surface area contributed by atoms with Gasteiger partial charge in [-0.2, -0.15) is 0 Å². The highest BCUT2D eigenvalue weighted by molar-refractivity contribution is 5.28. The van der Waals surface area contributed by atoms with Crippen molar-refractivity contribution in [3.63, 3.8) is 0 Å². The van der Waals surface area contributed by atoms with Crippen LogP contribution in [0, 0.1) is 0 Å². The van der Waals surface area contributed by atoms with Crippen molar-refractivity contribution in [2.75, 3.05) is 39.8 Å². The monoisotopic (exact) mass is 280 g/mol. The Labute approximate surface area is 121 Å². The number of benzene rings is 1. The van der Waals surface area contributed by atoms with Gasteiger partial charge in [-0.05, 0) is 50.6 Å². The predicted molar refractivity (Wildman–Crippen MR) is 80.1 cm³/mol.